The molecule has 1 aliphatic rings. The summed E-state index contributed by atoms with van der Waals surface area (Å²) in [5, 5.41) is 0. The quantitative estimate of drug-likeness (QED) is 0.417. The molecule has 0 unspecified atom stereocenters. The second kappa shape index (κ2) is 8.34. The van der Waals surface area contributed by atoms with Gasteiger partial charge in [-0.2, -0.15) is 0 Å². The van der Waals surface area contributed by atoms with Gasteiger partial charge in [-0.15, -0.1) is 0 Å². The zero-order valence-corrected chi connectivity index (χ0v) is 14.6. The monoisotopic (exact) mass is 335 g/mol. The van der Waals surface area contributed by atoms with Gasteiger partial charge in [0.15, 0.2) is 0 Å². The molecular formula is C17H21NO2S2. The van der Waals surface area contributed by atoms with Crippen LogP contribution < -0.4 is 4.74 Å². The first-order valence-electron chi connectivity index (χ1n) is 7.55. The summed E-state index contributed by atoms with van der Waals surface area (Å²) in [7, 11) is 1.63. The number of amides is 1. The Morgan fingerprint density at radius 1 is 1.27 bits per heavy atom. The molecule has 1 aromatic carbocycles. The molecule has 0 aromatic heterocycles. The Labute approximate surface area is 141 Å². The van der Waals surface area contributed by atoms with Gasteiger partial charge in [-0.1, -0.05) is 68.4 Å². The fourth-order valence-corrected chi connectivity index (χ4v) is 3.62. The van der Waals surface area contributed by atoms with Crippen LogP contribution in [0.25, 0.3) is 6.08 Å². The van der Waals surface area contributed by atoms with E-state index in [0.717, 1.165) is 24.2 Å². The minimum atomic E-state index is 0.0115. The van der Waals surface area contributed by atoms with Crippen molar-refractivity contribution in [3.63, 3.8) is 0 Å². The van der Waals surface area contributed by atoms with Crippen LogP contribution >= 0.6 is 24.0 Å². The van der Waals surface area contributed by atoms with Crippen LogP contribution in [0.1, 0.15) is 38.2 Å². The third kappa shape index (κ3) is 4.11. The number of hydrogen-bond acceptors (Lipinski definition) is 4. The lowest BCUT2D eigenvalue weighted by Crippen LogP contribution is -2.29. The SMILES string of the molecule is CCCCCCN1C(=O)/C(=C/c2ccccc2OC)SC1=S. The summed E-state index contributed by atoms with van der Waals surface area (Å²) in [5.41, 5.74) is 0.900. The van der Waals surface area contributed by atoms with Gasteiger partial charge in [-0.25, -0.2) is 0 Å². The number of carbonyl (C=O) groups excluding carboxylic acids is 1. The summed E-state index contributed by atoms with van der Waals surface area (Å²) in [4.78, 5) is 14.9. The molecule has 1 amide bonds. The van der Waals surface area contributed by atoms with Crippen molar-refractivity contribution < 1.29 is 9.53 Å². The van der Waals surface area contributed by atoms with Crippen molar-refractivity contribution in [2.24, 2.45) is 0 Å². The number of nitrogens with zero attached hydrogens (tertiary/aromatic N) is 1. The fourth-order valence-electron chi connectivity index (χ4n) is 2.32. The Balaban J connectivity index is 2.09. The van der Waals surface area contributed by atoms with Gasteiger partial charge in [0.05, 0.1) is 12.0 Å². The summed E-state index contributed by atoms with van der Waals surface area (Å²) >= 11 is 6.72. The average Bonchev–Trinajstić information content (AvgIpc) is 2.79. The molecule has 1 heterocycles. The van der Waals surface area contributed by atoms with Crippen molar-refractivity contribution in [3.8, 4) is 5.75 Å². The van der Waals surface area contributed by atoms with E-state index in [1.165, 1.54) is 24.6 Å². The van der Waals surface area contributed by atoms with Gasteiger partial charge in [0.2, 0.25) is 0 Å². The van der Waals surface area contributed by atoms with Gasteiger partial charge in [-0.3, -0.25) is 9.69 Å². The zero-order chi connectivity index (χ0) is 15.9. The summed E-state index contributed by atoms with van der Waals surface area (Å²) in [6.45, 7) is 2.89. The normalized spacial score (nSPS) is 16.6. The molecule has 5 heteroatoms. The maximum Gasteiger partial charge on any atom is 0.266 e. The number of thioether (sulfide) groups is 1. The maximum absolute atomic E-state index is 12.5. The fraction of sp³-hybridized carbons (Fsp3) is 0.412. The number of thiocarbonyl (C=S) groups is 1. The van der Waals surface area contributed by atoms with Gasteiger partial charge in [0.1, 0.15) is 10.1 Å². The number of ether oxygens (including phenoxy) is 1. The van der Waals surface area contributed by atoms with E-state index in [0.29, 0.717) is 15.8 Å². The molecule has 1 saturated heterocycles. The molecule has 22 heavy (non-hydrogen) atoms. The van der Waals surface area contributed by atoms with E-state index in [-0.39, 0.29) is 5.91 Å². The highest BCUT2D eigenvalue weighted by atomic mass is 32.2. The molecule has 0 atom stereocenters. The Hall–Kier alpha value is -1.33. The molecular weight excluding hydrogens is 314 g/mol. The first-order valence-corrected chi connectivity index (χ1v) is 8.78. The largest absolute Gasteiger partial charge is 0.496 e. The van der Waals surface area contributed by atoms with Crippen LogP contribution in [0.4, 0.5) is 0 Å². The minimum absolute atomic E-state index is 0.0115. The van der Waals surface area contributed by atoms with Crippen molar-refractivity contribution in [1.29, 1.82) is 0 Å². The van der Waals surface area contributed by atoms with Crippen LogP contribution in [0.15, 0.2) is 29.2 Å². The standard InChI is InChI=1S/C17H21NO2S2/c1-3-4-5-8-11-18-16(19)15(22-17(18)21)12-13-9-6-7-10-14(13)20-2/h6-7,9-10,12H,3-5,8,11H2,1-2H3/b15-12-. The second-order valence-electron chi connectivity index (χ2n) is 5.14. The van der Waals surface area contributed by atoms with Crippen molar-refractivity contribution in [2.45, 2.75) is 32.6 Å². The molecule has 0 bridgehead atoms. The molecule has 0 N–H and O–H groups in total. The van der Waals surface area contributed by atoms with Crippen molar-refractivity contribution in [1.82, 2.24) is 4.90 Å². The maximum atomic E-state index is 12.5. The van der Waals surface area contributed by atoms with Gasteiger partial charge >= 0.3 is 0 Å². The minimum Gasteiger partial charge on any atom is -0.496 e. The Bertz CT molecular complexity index is 584. The predicted octanol–water partition coefficient (Wildman–Crippen LogP) is 4.48. The first kappa shape index (κ1) is 17.0. The number of unbranched alkanes of at least 4 members (excludes halogenated alkanes) is 3. The lowest BCUT2D eigenvalue weighted by molar-refractivity contribution is -0.122. The van der Waals surface area contributed by atoms with E-state index in [1.807, 2.05) is 30.3 Å². The van der Waals surface area contributed by atoms with Crippen LogP contribution in [0, 0.1) is 0 Å². The van der Waals surface area contributed by atoms with E-state index in [2.05, 4.69) is 6.92 Å². The van der Waals surface area contributed by atoms with E-state index in [9.17, 15) is 4.79 Å². The highest BCUT2D eigenvalue weighted by Gasteiger charge is 2.31. The molecule has 0 saturated carbocycles. The predicted molar refractivity (Wildman–Crippen MR) is 97.0 cm³/mol. The summed E-state index contributed by atoms with van der Waals surface area (Å²) in [6.07, 6.45) is 6.39. The molecule has 1 aromatic rings. The number of benzene rings is 1. The lowest BCUT2D eigenvalue weighted by atomic mass is 10.2. The first-order chi connectivity index (χ1) is 10.7. The molecule has 3 nitrogen and oxygen atoms in total. The Kier molecular flexibility index (Phi) is 6.46. The van der Waals surface area contributed by atoms with E-state index >= 15 is 0 Å². The van der Waals surface area contributed by atoms with Crippen LogP contribution in [0.3, 0.4) is 0 Å². The van der Waals surface area contributed by atoms with Crippen molar-refractivity contribution in [3.05, 3.63) is 34.7 Å². The van der Waals surface area contributed by atoms with Crippen molar-refractivity contribution in [2.75, 3.05) is 13.7 Å². The number of para-hydroxylation sites is 1. The smallest absolute Gasteiger partial charge is 0.266 e. The number of rotatable bonds is 7. The van der Waals surface area contributed by atoms with Gasteiger partial charge in [0, 0.05) is 12.1 Å². The van der Waals surface area contributed by atoms with E-state index in [1.54, 1.807) is 12.0 Å². The van der Waals surface area contributed by atoms with Crippen molar-refractivity contribution >= 4 is 40.3 Å². The number of hydrogen-bond donors (Lipinski definition) is 0. The summed E-state index contributed by atoms with van der Waals surface area (Å²) in [5.74, 6) is 0.771. The molecule has 1 aliphatic heterocycles. The zero-order valence-electron chi connectivity index (χ0n) is 13.0. The van der Waals surface area contributed by atoms with Crippen LogP contribution in [-0.2, 0) is 4.79 Å². The van der Waals surface area contributed by atoms with E-state index in [4.69, 9.17) is 17.0 Å². The third-order valence-electron chi connectivity index (χ3n) is 3.53. The average molecular weight is 335 g/mol. The van der Waals surface area contributed by atoms with Crippen LogP contribution in [0.5, 0.6) is 5.75 Å². The summed E-state index contributed by atoms with van der Waals surface area (Å²) in [6, 6.07) is 7.67. The number of methoxy groups -OCH3 is 1. The molecule has 0 aliphatic carbocycles. The highest BCUT2D eigenvalue weighted by molar-refractivity contribution is 8.26. The van der Waals surface area contributed by atoms with Gasteiger partial charge < -0.3 is 4.74 Å². The topological polar surface area (TPSA) is 29.5 Å². The lowest BCUT2D eigenvalue weighted by Gasteiger charge is -2.13. The highest BCUT2D eigenvalue weighted by Crippen LogP contribution is 2.34. The van der Waals surface area contributed by atoms with Gasteiger partial charge in [-0.05, 0) is 18.6 Å². The van der Waals surface area contributed by atoms with E-state index < -0.39 is 0 Å². The second-order valence-corrected chi connectivity index (χ2v) is 6.81. The Morgan fingerprint density at radius 3 is 2.77 bits per heavy atom. The molecule has 0 radical (unpaired) electrons. The molecule has 1 fully saturated rings. The molecule has 118 valence electrons. The summed E-state index contributed by atoms with van der Waals surface area (Å²) < 4.78 is 5.98. The van der Waals surface area contributed by atoms with Crippen LogP contribution in [-0.4, -0.2) is 28.8 Å². The molecule has 2 rings (SSSR count). The third-order valence-corrected chi connectivity index (χ3v) is 4.91. The van der Waals surface area contributed by atoms with Gasteiger partial charge in [0.25, 0.3) is 5.91 Å². The number of carbonyl (C=O) groups is 1. The molecule has 0 spiro atoms. The Morgan fingerprint density at radius 2 is 2.05 bits per heavy atom. The van der Waals surface area contributed by atoms with Crippen LogP contribution in [0.2, 0.25) is 0 Å².